The number of hydrogen-bond donors (Lipinski definition) is 3. The summed E-state index contributed by atoms with van der Waals surface area (Å²) in [6.07, 6.45) is 1.47. The predicted molar refractivity (Wildman–Crippen MR) is 111 cm³/mol. The molecule has 2 amide bonds. The van der Waals surface area contributed by atoms with Gasteiger partial charge in [-0.15, -0.1) is 10.2 Å². The van der Waals surface area contributed by atoms with Crippen LogP contribution in [-0.4, -0.2) is 44.1 Å². The summed E-state index contributed by atoms with van der Waals surface area (Å²) < 4.78 is 5.80. The van der Waals surface area contributed by atoms with E-state index in [1.165, 1.54) is 31.4 Å². The number of anilines is 1. The number of hydrogen-bond acceptors (Lipinski definition) is 8. The standard InChI is InChI=1S/C21H16N6O4/c1-22-20(30)17-11-13(8-9-23-17)31-12-6-7-15-16(10-12)24-21(27-26-15)25-19(29)14-4-2-3-5-18(14)28/h2-11,28H,1H3,(H,22,30)(H,24,25,27,29). The van der Waals surface area contributed by atoms with E-state index in [-0.39, 0.29) is 28.9 Å². The van der Waals surface area contributed by atoms with E-state index in [0.717, 1.165) is 0 Å². The molecule has 4 rings (SSSR count). The smallest absolute Gasteiger partial charge is 0.269 e. The molecule has 2 aromatic heterocycles. The van der Waals surface area contributed by atoms with Crippen LogP contribution in [0.2, 0.25) is 0 Å². The monoisotopic (exact) mass is 416 g/mol. The lowest BCUT2D eigenvalue weighted by atomic mass is 10.2. The Morgan fingerprint density at radius 2 is 1.74 bits per heavy atom. The minimum Gasteiger partial charge on any atom is -0.507 e. The van der Waals surface area contributed by atoms with Gasteiger partial charge in [0.05, 0.1) is 11.1 Å². The maximum atomic E-state index is 12.3. The van der Waals surface area contributed by atoms with Gasteiger partial charge in [0.2, 0.25) is 5.95 Å². The maximum Gasteiger partial charge on any atom is 0.269 e. The van der Waals surface area contributed by atoms with Crippen molar-refractivity contribution in [1.82, 2.24) is 25.5 Å². The topological polar surface area (TPSA) is 139 Å². The summed E-state index contributed by atoms with van der Waals surface area (Å²) in [5.41, 5.74) is 1.24. The molecule has 0 bridgehead atoms. The summed E-state index contributed by atoms with van der Waals surface area (Å²) in [7, 11) is 1.52. The zero-order valence-electron chi connectivity index (χ0n) is 16.2. The number of ether oxygens (including phenoxy) is 1. The number of rotatable bonds is 5. The second-order valence-electron chi connectivity index (χ2n) is 6.32. The highest BCUT2D eigenvalue weighted by molar-refractivity contribution is 6.05. The van der Waals surface area contributed by atoms with E-state index in [1.54, 1.807) is 36.4 Å². The van der Waals surface area contributed by atoms with Gasteiger partial charge in [-0.1, -0.05) is 12.1 Å². The number of aromatic hydroxyl groups is 1. The third-order valence-electron chi connectivity index (χ3n) is 4.23. The fraction of sp³-hybridized carbons (Fsp3) is 0.0476. The second-order valence-corrected chi connectivity index (χ2v) is 6.32. The van der Waals surface area contributed by atoms with Crippen molar-refractivity contribution in [2.75, 3.05) is 12.4 Å². The molecule has 0 atom stereocenters. The highest BCUT2D eigenvalue weighted by Crippen LogP contribution is 2.25. The van der Waals surface area contributed by atoms with Gasteiger partial charge < -0.3 is 15.2 Å². The SMILES string of the molecule is CNC(=O)c1cc(Oc2ccc3nnc(NC(=O)c4ccccc4O)nc3c2)ccn1. The van der Waals surface area contributed by atoms with Crippen molar-refractivity contribution in [1.29, 1.82) is 0 Å². The number of fused-ring (bicyclic) bond motifs is 1. The molecule has 0 saturated heterocycles. The molecule has 4 aromatic rings. The van der Waals surface area contributed by atoms with E-state index in [4.69, 9.17) is 4.74 Å². The Balaban J connectivity index is 1.57. The fourth-order valence-electron chi connectivity index (χ4n) is 2.73. The van der Waals surface area contributed by atoms with Gasteiger partial charge in [-0.2, -0.15) is 0 Å². The number of aromatic nitrogens is 4. The number of benzene rings is 2. The first-order valence-electron chi connectivity index (χ1n) is 9.13. The van der Waals surface area contributed by atoms with Crippen LogP contribution in [0.1, 0.15) is 20.8 Å². The third kappa shape index (κ3) is 4.37. The van der Waals surface area contributed by atoms with E-state index < -0.39 is 5.91 Å². The molecule has 0 saturated carbocycles. The molecule has 0 aliphatic rings. The zero-order chi connectivity index (χ0) is 21.8. The summed E-state index contributed by atoms with van der Waals surface area (Å²) in [5.74, 6) is -0.208. The molecule has 2 aromatic carbocycles. The van der Waals surface area contributed by atoms with Crippen LogP contribution in [0.4, 0.5) is 5.95 Å². The highest BCUT2D eigenvalue weighted by Gasteiger charge is 2.13. The average Bonchev–Trinajstić information content (AvgIpc) is 2.78. The summed E-state index contributed by atoms with van der Waals surface area (Å²) >= 11 is 0. The number of phenolic OH excluding ortho intramolecular Hbond substituents is 1. The lowest BCUT2D eigenvalue weighted by molar-refractivity contribution is 0.0956. The Labute approximate surface area is 175 Å². The second kappa shape index (κ2) is 8.41. The first-order valence-corrected chi connectivity index (χ1v) is 9.13. The van der Waals surface area contributed by atoms with E-state index in [1.807, 2.05) is 0 Å². The summed E-state index contributed by atoms with van der Waals surface area (Å²) in [4.78, 5) is 32.4. The van der Waals surface area contributed by atoms with Crippen molar-refractivity contribution in [3.8, 4) is 17.2 Å². The Kier molecular flexibility index (Phi) is 5.35. The summed E-state index contributed by atoms with van der Waals surface area (Å²) in [6.45, 7) is 0. The third-order valence-corrected chi connectivity index (χ3v) is 4.23. The Hall–Kier alpha value is -4.60. The van der Waals surface area contributed by atoms with Crippen LogP contribution in [0.3, 0.4) is 0 Å². The molecule has 0 aliphatic heterocycles. The van der Waals surface area contributed by atoms with Gasteiger partial charge in [0.25, 0.3) is 11.8 Å². The van der Waals surface area contributed by atoms with Crippen molar-refractivity contribution in [2.24, 2.45) is 0 Å². The van der Waals surface area contributed by atoms with Crippen LogP contribution in [0.5, 0.6) is 17.2 Å². The number of carbonyl (C=O) groups excluding carboxylic acids is 2. The number of para-hydroxylation sites is 1. The van der Waals surface area contributed by atoms with Crippen molar-refractivity contribution in [3.63, 3.8) is 0 Å². The van der Waals surface area contributed by atoms with Crippen LogP contribution in [-0.2, 0) is 0 Å². The quantitative estimate of drug-likeness (QED) is 0.451. The normalized spacial score (nSPS) is 10.5. The van der Waals surface area contributed by atoms with Crippen LogP contribution < -0.4 is 15.4 Å². The summed E-state index contributed by atoms with van der Waals surface area (Å²) in [6, 6.07) is 14.2. The molecule has 0 fully saturated rings. The molecule has 0 radical (unpaired) electrons. The molecule has 3 N–H and O–H groups in total. The Bertz CT molecular complexity index is 1290. The van der Waals surface area contributed by atoms with E-state index in [0.29, 0.717) is 22.5 Å². The molecule has 0 spiro atoms. The maximum absolute atomic E-state index is 12.3. The first kappa shape index (κ1) is 19.7. The van der Waals surface area contributed by atoms with Gasteiger partial charge in [-0.25, -0.2) is 4.98 Å². The van der Waals surface area contributed by atoms with Crippen LogP contribution in [0.15, 0.2) is 60.8 Å². The number of amides is 2. The van der Waals surface area contributed by atoms with Crippen LogP contribution in [0, 0.1) is 0 Å². The predicted octanol–water partition coefficient (Wildman–Crippen LogP) is 2.53. The number of nitrogens with one attached hydrogen (secondary N) is 2. The van der Waals surface area contributed by atoms with Crippen molar-refractivity contribution < 1.29 is 19.4 Å². The number of carbonyl (C=O) groups is 2. The molecule has 31 heavy (non-hydrogen) atoms. The number of phenols is 1. The van der Waals surface area contributed by atoms with Gasteiger partial charge in [-0.05, 0) is 30.3 Å². The molecule has 154 valence electrons. The number of pyridine rings is 1. The Morgan fingerprint density at radius 1 is 0.935 bits per heavy atom. The zero-order valence-corrected chi connectivity index (χ0v) is 16.2. The van der Waals surface area contributed by atoms with Crippen LogP contribution in [0.25, 0.3) is 11.0 Å². The van der Waals surface area contributed by atoms with Crippen molar-refractivity contribution >= 4 is 28.8 Å². The highest BCUT2D eigenvalue weighted by atomic mass is 16.5. The minimum absolute atomic E-state index is 0.0243. The molecule has 0 aliphatic carbocycles. The van der Waals surface area contributed by atoms with Gasteiger partial charge >= 0.3 is 0 Å². The molecule has 10 nitrogen and oxygen atoms in total. The molecule has 0 unspecified atom stereocenters. The van der Waals surface area contributed by atoms with Gasteiger partial charge in [0.1, 0.15) is 28.5 Å². The Morgan fingerprint density at radius 3 is 2.55 bits per heavy atom. The molecule has 10 heteroatoms. The molecular formula is C21H16N6O4. The van der Waals surface area contributed by atoms with Gasteiger partial charge in [0, 0.05) is 25.4 Å². The van der Waals surface area contributed by atoms with Crippen LogP contribution >= 0.6 is 0 Å². The van der Waals surface area contributed by atoms with Gasteiger partial charge in [-0.3, -0.25) is 19.9 Å². The molecule has 2 heterocycles. The first-order chi connectivity index (χ1) is 15.0. The molecular weight excluding hydrogens is 400 g/mol. The lowest BCUT2D eigenvalue weighted by Gasteiger charge is -2.08. The fourth-order valence-corrected chi connectivity index (χ4v) is 2.73. The van der Waals surface area contributed by atoms with Crippen molar-refractivity contribution in [3.05, 3.63) is 72.1 Å². The minimum atomic E-state index is -0.565. The van der Waals surface area contributed by atoms with Gasteiger partial charge in [0.15, 0.2) is 0 Å². The number of nitrogens with zero attached hydrogens (tertiary/aromatic N) is 4. The van der Waals surface area contributed by atoms with Crippen molar-refractivity contribution in [2.45, 2.75) is 0 Å². The van der Waals surface area contributed by atoms with E-state index >= 15 is 0 Å². The lowest BCUT2D eigenvalue weighted by Crippen LogP contribution is -2.18. The van der Waals surface area contributed by atoms with E-state index in [2.05, 4.69) is 30.8 Å². The average molecular weight is 416 g/mol. The summed E-state index contributed by atoms with van der Waals surface area (Å²) in [5, 5.41) is 22.8. The van der Waals surface area contributed by atoms with E-state index in [9.17, 15) is 14.7 Å². The largest absolute Gasteiger partial charge is 0.507 e.